The predicted octanol–water partition coefficient (Wildman–Crippen LogP) is 9.95. The van der Waals surface area contributed by atoms with Crippen molar-refractivity contribution in [1.82, 2.24) is 0 Å². The normalized spacial score (nSPS) is 17.8. The first-order valence-electron chi connectivity index (χ1n) is 20.2. The number of pyridine rings is 1. The van der Waals surface area contributed by atoms with Crippen LogP contribution in [0.15, 0.2) is 142 Å². The lowest BCUT2D eigenvalue weighted by Gasteiger charge is -2.34. The molecule has 0 saturated carbocycles. The Kier molecular flexibility index (Phi) is 11.4. The summed E-state index contributed by atoms with van der Waals surface area (Å²) < 4.78 is 4.56. The van der Waals surface area contributed by atoms with E-state index in [1.165, 1.54) is 92.1 Å². The molecule has 4 aromatic carbocycles. The number of anilines is 3. The van der Waals surface area contributed by atoms with E-state index in [-0.39, 0.29) is 5.37 Å². The van der Waals surface area contributed by atoms with Crippen LogP contribution in [0.1, 0.15) is 30.4 Å². The molecule has 8 heteroatoms. The topological polar surface area (TPSA) is 22.4 Å². The minimum absolute atomic E-state index is 0.247. The van der Waals surface area contributed by atoms with Crippen molar-refractivity contribution in [1.29, 1.82) is 0 Å². The Balaban J connectivity index is 0.802. The largest absolute Gasteiger partial charge is 0.369 e. The molecule has 0 amide bonds. The van der Waals surface area contributed by atoms with Crippen molar-refractivity contribution in [3.8, 4) is 0 Å². The van der Waals surface area contributed by atoms with Gasteiger partial charge in [-0.15, -0.1) is 0 Å². The van der Waals surface area contributed by atoms with Gasteiger partial charge in [0.2, 0.25) is 5.52 Å². The SMILES string of the molecule is CN1C(=Cc2cc[n+](CCC[N+](C)(C)CCC[N+](C)(C)CCCN3C=CC(=CC4Nc5ccccc5S4)c4ccccc43)c3ccccc23)Sc2ccccc21. The van der Waals surface area contributed by atoms with Crippen molar-refractivity contribution >= 4 is 63.1 Å². The summed E-state index contributed by atoms with van der Waals surface area (Å²) in [7, 11) is 11.8. The number of para-hydroxylation sites is 4. The molecule has 3 aliphatic rings. The van der Waals surface area contributed by atoms with E-state index in [1.807, 2.05) is 23.5 Å². The van der Waals surface area contributed by atoms with Crippen LogP contribution in [0.2, 0.25) is 0 Å². The quantitative estimate of drug-likeness (QED) is 0.0893. The zero-order chi connectivity index (χ0) is 38.7. The Hall–Kier alpha value is -4.47. The Morgan fingerprint density at radius 3 is 2.21 bits per heavy atom. The van der Waals surface area contributed by atoms with Crippen LogP contribution in [0.25, 0.3) is 22.6 Å². The fourth-order valence-corrected chi connectivity index (χ4v) is 10.6. The summed E-state index contributed by atoms with van der Waals surface area (Å²) in [6.45, 7) is 6.79. The monoisotopic (exact) mass is 781 g/mol. The van der Waals surface area contributed by atoms with Crippen molar-refractivity contribution in [2.24, 2.45) is 0 Å². The highest BCUT2D eigenvalue weighted by atomic mass is 32.2. The van der Waals surface area contributed by atoms with E-state index in [1.54, 1.807) is 0 Å². The molecule has 56 heavy (non-hydrogen) atoms. The zero-order valence-corrected chi connectivity index (χ0v) is 35.3. The van der Waals surface area contributed by atoms with Gasteiger partial charge in [0, 0.05) is 71.5 Å². The van der Waals surface area contributed by atoms with Gasteiger partial charge in [0.1, 0.15) is 0 Å². The summed E-state index contributed by atoms with van der Waals surface area (Å²) in [4.78, 5) is 7.41. The average Bonchev–Trinajstić information content (AvgIpc) is 3.75. The number of thioether (sulfide) groups is 2. The minimum Gasteiger partial charge on any atom is -0.369 e. The lowest BCUT2D eigenvalue weighted by atomic mass is 9.99. The van der Waals surface area contributed by atoms with Gasteiger partial charge in [0.05, 0.1) is 82.3 Å². The van der Waals surface area contributed by atoms with E-state index in [2.05, 4.69) is 189 Å². The van der Waals surface area contributed by atoms with E-state index in [0.717, 1.165) is 34.9 Å². The molecule has 1 unspecified atom stereocenters. The van der Waals surface area contributed by atoms with Gasteiger partial charge < -0.3 is 24.1 Å². The van der Waals surface area contributed by atoms with E-state index < -0.39 is 0 Å². The summed E-state index contributed by atoms with van der Waals surface area (Å²) >= 11 is 3.75. The van der Waals surface area contributed by atoms with Crippen molar-refractivity contribution < 1.29 is 13.5 Å². The molecule has 0 fully saturated rings. The van der Waals surface area contributed by atoms with Crippen molar-refractivity contribution in [2.75, 3.05) is 83.1 Å². The van der Waals surface area contributed by atoms with Crippen LogP contribution in [0.5, 0.6) is 0 Å². The molecule has 1 aromatic heterocycles. The van der Waals surface area contributed by atoms with Crippen LogP contribution >= 0.6 is 23.5 Å². The molecule has 0 aliphatic carbocycles. The molecule has 1 N–H and O–H groups in total. The van der Waals surface area contributed by atoms with Crippen molar-refractivity contribution in [3.63, 3.8) is 0 Å². The van der Waals surface area contributed by atoms with E-state index in [4.69, 9.17) is 0 Å². The fourth-order valence-electron chi connectivity index (χ4n) is 8.39. The van der Waals surface area contributed by atoms with Crippen LogP contribution in [-0.4, -0.2) is 82.3 Å². The summed E-state index contributed by atoms with van der Waals surface area (Å²) in [6, 6.07) is 37.3. The lowest BCUT2D eigenvalue weighted by Crippen LogP contribution is -2.47. The molecule has 288 valence electrons. The first-order chi connectivity index (χ1) is 27.1. The Bertz CT molecular complexity index is 2270. The zero-order valence-electron chi connectivity index (χ0n) is 33.7. The Labute approximate surface area is 343 Å². The number of allylic oxidation sites excluding steroid dienone is 2. The number of aryl methyl sites for hydroxylation is 1. The van der Waals surface area contributed by atoms with Gasteiger partial charge in [-0.25, -0.2) is 0 Å². The lowest BCUT2D eigenvalue weighted by molar-refractivity contribution is -0.910. The summed E-state index contributed by atoms with van der Waals surface area (Å²) in [5.41, 5.74) is 9.03. The Morgan fingerprint density at radius 1 is 0.732 bits per heavy atom. The Morgan fingerprint density at radius 2 is 1.41 bits per heavy atom. The molecule has 3 aliphatic heterocycles. The van der Waals surface area contributed by atoms with Crippen LogP contribution < -0.4 is 19.7 Å². The molecule has 0 bridgehead atoms. The third-order valence-corrected chi connectivity index (χ3v) is 13.9. The molecule has 5 aromatic rings. The number of hydrogen-bond donors (Lipinski definition) is 1. The number of aromatic nitrogens is 1. The number of quaternary nitrogens is 2. The van der Waals surface area contributed by atoms with Gasteiger partial charge in [-0.3, -0.25) is 0 Å². The third kappa shape index (κ3) is 8.74. The molecular formula is C48H57N6S2+3. The summed E-state index contributed by atoms with van der Waals surface area (Å²) in [5.74, 6) is 0. The second-order valence-corrected chi connectivity index (χ2v) is 19.0. The maximum absolute atomic E-state index is 3.67. The second kappa shape index (κ2) is 16.6. The summed E-state index contributed by atoms with van der Waals surface area (Å²) in [6.07, 6.45) is 15.2. The van der Waals surface area contributed by atoms with Gasteiger partial charge in [-0.2, -0.15) is 4.57 Å². The number of nitrogens with one attached hydrogen (secondary N) is 1. The maximum Gasteiger partial charge on any atom is 0.213 e. The molecule has 0 spiro atoms. The number of nitrogens with zero attached hydrogens (tertiary/aromatic N) is 5. The first kappa shape index (κ1) is 38.4. The molecule has 8 rings (SSSR count). The second-order valence-electron chi connectivity index (χ2n) is 16.7. The standard InChI is InChI=1S/C48H57N6S2/c1-50-44-22-11-13-24-46(44)56-48(50)36-38-26-30-52(43-21-10-7-18-40(38)43)28-15-32-54(4,5)34-16-33-53(2,3)31-14-27-51-29-25-37(39-17-6-9-20-42(39)51)35-47-49-41-19-8-12-23-45(41)55-47/h6-13,17-26,29-30,35-36,47,49H,14-16,27-28,31-34H2,1-5H3/q+3. The molecule has 0 saturated heterocycles. The van der Waals surface area contributed by atoms with E-state index in [0.29, 0.717) is 0 Å². The van der Waals surface area contributed by atoms with Gasteiger partial charge in [0.15, 0.2) is 12.7 Å². The number of hydrogen-bond acceptors (Lipinski definition) is 5. The number of rotatable bonds is 14. The molecule has 6 nitrogen and oxygen atoms in total. The van der Waals surface area contributed by atoms with Gasteiger partial charge >= 0.3 is 0 Å². The van der Waals surface area contributed by atoms with Crippen LogP contribution in [0, 0.1) is 0 Å². The molecule has 4 heterocycles. The maximum atomic E-state index is 3.67. The molecular weight excluding hydrogens is 725 g/mol. The average molecular weight is 782 g/mol. The highest BCUT2D eigenvalue weighted by Gasteiger charge is 2.25. The van der Waals surface area contributed by atoms with Gasteiger partial charge in [-0.1, -0.05) is 78.1 Å². The highest BCUT2D eigenvalue weighted by molar-refractivity contribution is 8.04. The molecule has 0 radical (unpaired) electrons. The highest BCUT2D eigenvalue weighted by Crippen LogP contribution is 2.46. The van der Waals surface area contributed by atoms with Gasteiger partial charge in [-0.05, 0) is 65.8 Å². The summed E-state index contributed by atoms with van der Waals surface area (Å²) in [5, 5.41) is 6.50. The van der Waals surface area contributed by atoms with Crippen molar-refractivity contribution in [3.05, 3.63) is 144 Å². The predicted molar refractivity (Wildman–Crippen MR) is 241 cm³/mol. The number of benzene rings is 4. The van der Waals surface area contributed by atoms with E-state index in [9.17, 15) is 0 Å². The van der Waals surface area contributed by atoms with Crippen LogP contribution in [0.4, 0.5) is 17.1 Å². The third-order valence-electron chi connectivity index (χ3n) is 11.6. The van der Waals surface area contributed by atoms with Crippen LogP contribution in [-0.2, 0) is 6.54 Å². The first-order valence-corrected chi connectivity index (χ1v) is 21.9. The van der Waals surface area contributed by atoms with Crippen molar-refractivity contribution in [2.45, 2.75) is 41.0 Å². The van der Waals surface area contributed by atoms with E-state index >= 15 is 0 Å². The fraction of sp³-hybridized carbons (Fsp3) is 0.312. The number of fused-ring (bicyclic) bond motifs is 4. The minimum atomic E-state index is 0.247. The van der Waals surface area contributed by atoms with Gasteiger partial charge in [0.25, 0.3) is 0 Å². The smallest absolute Gasteiger partial charge is 0.213 e. The molecule has 1 atom stereocenters. The van der Waals surface area contributed by atoms with Crippen LogP contribution in [0.3, 0.4) is 0 Å².